The molecule has 0 aliphatic rings. The molecule has 0 heterocycles. The average molecular weight is 190 g/mol. The van der Waals surface area contributed by atoms with Gasteiger partial charge in [0.2, 0.25) is 5.91 Å². The molecule has 0 spiro atoms. The van der Waals surface area contributed by atoms with Gasteiger partial charge in [-0.2, -0.15) is 5.10 Å². The van der Waals surface area contributed by atoms with Crippen molar-refractivity contribution in [3.8, 4) is 0 Å². The summed E-state index contributed by atoms with van der Waals surface area (Å²) in [6, 6.07) is 7.99. The van der Waals surface area contributed by atoms with E-state index in [0.29, 0.717) is 0 Å². The van der Waals surface area contributed by atoms with Crippen molar-refractivity contribution in [1.82, 2.24) is 5.43 Å². The zero-order valence-electron chi connectivity index (χ0n) is 8.66. The predicted molar refractivity (Wildman–Crippen MR) is 57.2 cm³/mol. The lowest BCUT2D eigenvalue weighted by Gasteiger charge is -2.01. The van der Waals surface area contributed by atoms with Crippen LogP contribution >= 0.6 is 0 Å². The van der Waals surface area contributed by atoms with Crippen LogP contribution in [0.25, 0.3) is 0 Å². The maximum atomic E-state index is 10.6. The maximum absolute atomic E-state index is 10.6. The van der Waals surface area contributed by atoms with Gasteiger partial charge in [-0.15, -0.1) is 0 Å². The summed E-state index contributed by atoms with van der Waals surface area (Å²) in [6.45, 7) is 5.33. The molecule has 0 aliphatic carbocycles. The van der Waals surface area contributed by atoms with E-state index in [1.807, 2.05) is 38.1 Å². The Labute approximate surface area is 83.8 Å². The van der Waals surface area contributed by atoms with Gasteiger partial charge >= 0.3 is 0 Å². The van der Waals surface area contributed by atoms with Crippen LogP contribution in [0, 0.1) is 6.92 Å². The number of hydrazone groups is 1. The highest BCUT2D eigenvalue weighted by Crippen LogP contribution is 2.04. The van der Waals surface area contributed by atoms with Gasteiger partial charge in [0, 0.05) is 6.92 Å². The lowest BCUT2D eigenvalue weighted by Crippen LogP contribution is -2.15. The van der Waals surface area contributed by atoms with Crippen molar-refractivity contribution in [2.45, 2.75) is 20.8 Å². The predicted octanol–water partition coefficient (Wildman–Crippen LogP) is 1.86. The van der Waals surface area contributed by atoms with E-state index in [1.165, 1.54) is 12.5 Å². The molecular weight excluding hydrogens is 176 g/mol. The minimum Gasteiger partial charge on any atom is -0.274 e. The van der Waals surface area contributed by atoms with Crippen LogP contribution in [0.5, 0.6) is 0 Å². The molecule has 1 amide bonds. The van der Waals surface area contributed by atoms with Crippen molar-refractivity contribution < 1.29 is 4.79 Å². The Bertz CT molecular complexity index is 369. The minimum atomic E-state index is -0.156. The van der Waals surface area contributed by atoms with E-state index in [9.17, 15) is 4.79 Å². The van der Waals surface area contributed by atoms with Crippen molar-refractivity contribution in [3.05, 3.63) is 35.4 Å². The molecule has 1 aromatic carbocycles. The monoisotopic (exact) mass is 190 g/mol. The standard InChI is InChI=1S/C11H14N2O/c1-8-5-4-6-11(7-8)9(2)12-13-10(3)14/h4-7H,1-3H3,(H,13,14)/b12-9+. The first-order chi connectivity index (χ1) is 6.59. The number of benzene rings is 1. The van der Waals surface area contributed by atoms with Gasteiger partial charge in [0.25, 0.3) is 0 Å². The van der Waals surface area contributed by atoms with Gasteiger partial charge in [0.1, 0.15) is 0 Å². The second kappa shape index (κ2) is 4.56. The summed E-state index contributed by atoms with van der Waals surface area (Å²) in [5, 5.41) is 3.95. The molecule has 74 valence electrons. The van der Waals surface area contributed by atoms with E-state index in [0.717, 1.165) is 11.3 Å². The van der Waals surface area contributed by atoms with Gasteiger partial charge in [-0.05, 0) is 19.4 Å². The molecular formula is C11H14N2O. The normalized spacial score (nSPS) is 11.2. The van der Waals surface area contributed by atoms with Gasteiger partial charge in [-0.3, -0.25) is 4.79 Å². The second-order valence-electron chi connectivity index (χ2n) is 3.23. The minimum absolute atomic E-state index is 0.156. The average Bonchev–Trinajstić information content (AvgIpc) is 2.14. The van der Waals surface area contributed by atoms with E-state index >= 15 is 0 Å². The molecule has 0 fully saturated rings. The maximum Gasteiger partial charge on any atom is 0.236 e. The zero-order chi connectivity index (χ0) is 10.6. The molecule has 0 unspecified atom stereocenters. The van der Waals surface area contributed by atoms with E-state index < -0.39 is 0 Å². The third-order valence-electron chi connectivity index (χ3n) is 1.82. The molecule has 1 N–H and O–H groups in total. The Morgan fingerprint density at radius 2 is 2.07 bits per heavy atom. The highest BCUT2D eigenvalue weighted by molar-refractivity contribution is 5.99. The Hall–Kier alpha value is -1.64. The van der Waals surface area contributed by atoms with Gasteiger partial charge in [0.05, 0.1) is 5.71 Å². The number of carbonyl (C=O) groups is 1. The highest BCUT2D eigenvalue weighted by Gasteiger charge is 1.97. The fraction of sp³-hybridized carbons (Fsp3) is 0.273. The molecule has 3 nitrogen and oxygen atoms in total. The first kappa shape index (κ1) is 10.4. The SMILES string of the molecule is CC(=O)N/N=C(\C)c1cccc(C)c1. The van der Waals surface area contributed by atoms with Crippen molar-refractivity contribution in [3.63, 3.8) is 0 Å². The Balaban J connectivity index is 2.83. The number of aryl methyl sites for hydroxylation is 1. The Morgan fingerprint density at radius 3 is 2.64 bits per heavy atom. The zero-order valence-corrected chi connectivity index (χ0v) is 8.66. The molecule has 0 saturated carbocycles. The van der Waals surface area contributed by atoms with Gasteiger partial charge < -0.3 is 0 Å². The van der Waals surface area contributed by atoms with Crippen LogP contribution in [-0.4, -0.2) is 11.6 Å². The molecule has 0 saturated heterocycles. The summed E-state index contributed by atoms with van der Waals surface area (Å²) in [5.41, 5.74) is 5.43. The summed E-state index contributed by atoms with van der Waals surface area (Å²) in [6.07, 6.45) is 0. The van der Waals surface area contributed by atoms with Crippen LogP contribution in [0.2, 0.25) is 0 Å². The van der Waals surface area contributed by atoms with Crippen LogP contribution < -0.4 is 5.43 Å². The third kappa shape index (κ3) is 3.01. The highest BCUT2D eigenvalue weighted by atomic mass is 16.2. The number of hydrogen-bond acceptors (Lipinski definition) is 2. The molecule has 0 aromatic heterocycles. The van der Waals surface area contributed by atoms with Crippen LogP contribution in [0.1, 0.15) is 25.0 Å². The number of nitrogens with zero attached hydrogens (tertiary/aromatic N) is 1. The van der Waals surface area contributed by atoms with E-state index in [4.69, 9.17) is 0 Å². The van der Waals surface area contributed by atoms with Crippen LogP contribution in [0.3, 0.4) is 0 Å². The number of hydrogen-bond donors (Lipinski definition) is 1. The van der Waals surface area contributed by atoms with Crippen molar-refractivity contribution in [1.29, 1.82) is 0 Å². The summed E-state index contributed by atoms with van der Waals surface area (Å²) < 4.78 is 0. The van der Waals surface area contributed by atoms with Crippen molar-refractivity contribution in [2.24, 2.45) is 5.10 Å². The summed E-state index contributed by atoms with van der Waals surface area (Å²) >= 11 is 0. The second-order valence-corrected chi connectivity index (χ2v) is 3.23. The van der Waals surface area contributed by atoms with E-state index in [1.54, 1.807) is 0 Å². The van der Waals surface area contributed by atoms with E-state index in [-0.39, 0.29) is 5.91 Å². The lowest BCUT2D eigenvalue weighted by molar-refractivity contribution is -0.118. The first-order valence-electron chi connectivity index (χ1n) is 4.47. The summed E-state index contributed by atoms with van der Waals surface area (Å²) in [7, 11) is 0. The molecule has 0 bridgehead atoms. The molecule has 0 atom stereocenters. The Morgan fingerprint density at radius 1 is 1.36 bits per heavy atom. The number of nitrogens with one attached hydrogen (secondary N) is 1. The number of carbonyl (C=O) groups excluding carboxylic acids is 1. The van der Waals surface area contributed by atoms with E-state index in [2.05, 4.69) is 10.5 Å². The summed E-state index contributed by atoms with van der Waals surface area (Å²) in [5.74, 6) is -0.156. The summed E-state index contributed by atoms with van der Waals surface area (Å²) in [4.78, 5) is 10.6. The lowest BCUT2D eigenvalue weighted by atomic mass is 10.1. The topological polar surface area (TPSA) is 41.5 Å². The molecule has 0 aliphatic heterocycles. The van der Waals surface area contributed by atoms with Gasteiger partial charge in [-0.1, -0.05) is 29.8 Å². The van der Waals surface area contributed by atoms with Crippen molar-refractivity contribution in [2.75, 3.05) is 0 Å². The first-order valence-corrected chi connectivity index (χ1v) is 4.47. The van der Waals surface area contributed by atoms with Crippen molar-refractivity contribution >= 4 is 11.6 Å². The molecule has 3 heteroatoms. The van der Waals surface area contributed by atoms with Gasteiger partial charge in [0.15, 0.2) is 0 Å². The molecule has 0 radical (unpaired) electrons. The fourth-order valence-corrected chi connectivity index (χ4v) is 1.10. The van der Waals surface area contributed by atoms with Crippen LogP contribution in [-0.2, 0) is 4.79 Å². The largest absolute Gasteiger partial charge is 0.274 e. The fourth-order valence-electron chi connectivity index (χ4n) is 1.10. The van der Waals surface area contributed by atoms with Gasteiger partial charge in [-0.25, -0.2) is 5.43 Å². The smallest absolute Gasteiger partial charge is 0.236 e. The van der Waals surface area contributed by atoms with Crippen LogP contribution in [0.15, 0.2) is 29.4 Å². The number of rotatable bonds is 2. The number of amides is 1. The quantitative estimate of drug-likeness (QED) is 0.561. The molecule has 14 heavy (non-hydrogen) atoms. The van der Waals surface area contributed by atoms with Crippen LogP contribution in [0.4, 0.5) is 0 Å². The molecule has 1 rings (SSSR count). The Kier molecular flexibility index (Phi) is 3.40. The molecule has 1 aromatic rings. The third-order valence-corrected chi connectivity index (χ3v) is 1.82.